The molecule has 0 atom stereocenters. The Morgan fingerprint density at radius 1 is 1.58 bits per heavy atom. The number of carbonyl (C=O) groups is 1. The van der Waals surface area contributed by atoms with Crippen LogP contribution in [0.15, 0.2) is 0 Å². The first-order chi connectivity index (χ1) is 5.70. The van der Waals surface area contributed by atoms with E-state index < -0.39 is 0 Å². The normalized spacial score (nSPS) is 17.9. The molecule has 0 spiro atoms. The molecule has 70 valence electrons. The molecule has 0 aromatic heterocycles. The van der Waals surface area contributed by atoms with Crippen LogP contribution in [-0.2, 0) is 4.79 Å². The summed E-state index contributed by atoms with van der Waals surface area (Å²) in [5.74, 6) is 0.987. The number of carbonyl (C=O) groups excluding carboxylic acids is 1. The van der Waals surface area contributed by atoms with Gasteiger partial charge in [-0.05, 0) is 18.8 Å². The van der Waals surface area contributed by atoms with Crippen LogP contribution in [-0.4, -0.2) is 24.0 Å². The van der Waals surface area contributed by atoms with Crippen LogP contribution in [0.5, 0.6) is 0 Å². The molecule has 0 aliphatic carbocycles. The van der Waals surface area contributed by atoms with E-state index in [-0.39, 0.29) is 5.91 Å². The summed E-state index contributed by atoms with van der Waals surface area (Å²) in [5.41, 5.74) is 3.06. The Morgan fingerprint density at radius 2 is 2.33 bits per heavy atom. The van der Waals surface area contributed by atoms with Crippen LogP contribution < -0.4 is 5.43 Å². The zero-order chi connectivity index (χ0) is 8.97. The third-order valence-electron chi connectivity index (χ3n) is 2.11. The summed E-state index contributed by atoms with van der Waals surface area (Å²) >= 11 is 0. The Kier molecular flexibility index (Phi) is 3.53. The minimum absolute atomic E-state index is 0.249. The van der Waals surface area contributed by atoms with E-state index >= 15 is 0 Å². The highest BCUT2D eigenvalue weighted by Gasteiger charge is 2.18. The average molecular weight is 170 g/mol. The lowest BCUT2D eigenvalue weighted by molar-refractivity contribution is -0.129. The largest absolute Gasteiger partial charge is 0.278 e. The number of hydrogen-bond donors (Lipinski definition) is 1. The van der Waals surface area contributed by atoms with E-state index in [1.165, 1.54) is 6.42 Å². The molecule has 1 saturated heterocycles. The zero-order valence-electron chi connectivity index (χ0n) is 7.97. The van der Waals surface area contributed by atoms with E-state index in [0.29, 0.717) is 6.42 Å². The summed E-state index contributed by atoms with van der Waals surface area (Å²) in [7, 11) is 0. The summed E-state index contributed by atoms with van der Waals surface area (Å²) in [5, 5.41) is 1.75. The van der Waals surface area contributed by atoms with Gasteiger partial charge in [0, 0.05) is 19.5 Å². The number of hydrogen-bond acceptors (Lipinski definition) is 2. The number of hydrazine groups is 1. The molecular formula is C9H18N2O. The van der Waals surface area contributed by atoms with Gasteiger partial charge in [0.15, 0.2) is 0 Å². The fraction of sp³-hybridized carbons (Fsp3) is 0.889. The molecule has 0 unspecified atom stereocenters. The second-order valence-corrected chi connectivity index (χ2v) is 3.74. The second kappa shape index (κ2) is 4.45. The first kappa shape index (κ1) is 9.52. The standard InChI is InChI=1S/C9H18N2O/c1-8(2)4-3-7-11-9(12)5-6-10-11/h8,10H,3-7H2,1-2H3. The molecule has 1 fully saturated rings. The molecule has 1 aliphatic heterocycles. The summed E-state index contributed by atoms with van der Waals surface area (Å²) in [6.07, 6.45) is 2.98. The molecular weight excluding hydrogens is 152 g/mol. The first-order valence-electron chi connectivity index (χ1n) is 4.74. The maximum atomic E-state index is 11.1. The zero-order valence-corrected chi connectivity index (χ0v) is 7.97. The van der Waals surface area contributed by atoms with Gasteiger partial charge in [0.2, 0.25) is 5.91 Å². The predicted octanol–water partition coefficient (Wildman–Crippen LogP) is 1.16. The molecule has 3 nitrogen and oxygen atoms in total. The smallest absolute Gasteiger partial charge is 0.238 e. The molecule has 1 aliphatic rings. The maximum absolute atomic E-state index is 11.1. The minimum atomic E-state index is 0.249. The van der Waals surface area contributed by atoms with Gasteiger partial charge in [-0.2, -0.15) is 0 Å². The predicted molar refractivity (Wildman–Crippen MR) is 48.4 cm³/mol. The van der Waals surface area contributed by atoms with E-state index in [4.69, 9.17) is 0 Å². The summed E-state index contributed by atoms with van der Waals surface area (Å²) < 4.78 is 0. The van der Waals surface area contributed by atoms with Crippen molar-refractivity contribution in [3.8, 4) is 0 Å². The highest BCUT2D eigenvalue weighted by Crippen LogP contribution is 2.06. The van der Waals surface area contributed by atoms with Gasteiger partial charge in [-0.1, -0.05) is 13.8 Å². The van der Waals surface area contributed by atoms with Gasteiger partial charge < -0.3 is 0 Å². The van der Waals surface area contributed by atoms with Crippen molar-refractivity contribution in [1.29, 1.82) is 0 Å². The lowest BCUT2D eigenvalue weighted by atomic mass is 10.1. The van der Waals surface area contributed by atoms with E-state index in [1.807, 2.05) is 0 Å². The van der Waals surface area contributed by atoms with Crippen molar-refractivity contribution >= 4 is 5.91 Å². The van der Waals surface area contributed by atoms with Crippen molar-refractivity contribution in [3.63, 3.8) is 0 Å². The second-order valence-electron chi connectivity index (χ2n) is 3.74. The fourth-order valence-electron chi connectivity index (χ4n) is 1.38. The van der Waals surface area contributed by atoms with Crippen LogP contribution in [0.1, 0.15) is 33.1 Å². The summed E-state index contributed by atoms with van der Waals surface area (Å²) in [4.78, 5) is 11.1. The third kappa shape index (κ3) is 2.81. The SMILES string of the molecule is CC(C)CCCN1NCCC1=O. The lowest BCUT2D eigenvalue weighted by Crippen LogP contribution is -2.35. The van der Waals surface area contributed by atoms with Gasteiger partial charge in [0.25, 0.3) is 0 Å². The van der Waals surface area contributed by atoms with Crippen molar-refractivity contribution in [2.24, 2.45) is 5.92 Å². The highest BCUT2D eigenvalue weighted by molar-refractivity contribution is 5.77. The molecule has 12 heavy (non-hydrogen) atoms. The Morgan fingerprint density at radius 3 is 2.83 bits per heavy atom. The van der Waals surface area contributed by atoms with Crippen LogP contribution in [0, 0.1) is 5.92 Å². The van der Waals surface area contributed by atoms with Gasteiger partial charge in [-0.15, -0.1) is 0 Å². The van der Waals surface area contributed by atoms with Crippen molar-refractivity contribution in [1.82, 2.24) is 10.4 Å². The Labute approximate surface area is 74.1 Å². The average Bonchev–Trinajstić information content (AvgIpc) is 2.36. The molecule has 1 heterocycles. The topological polar surface area (TPSA) is 32.3 Å². The Hall–Kier alpha value is -0.570. The van der Waals surface area contributed by atoms with Crippen LogP contribution in [0.4, 0.5) is 0 Å². The third-order valence-corrected chi connectivity index (χ3v) is 2.11. The molecule has 0 aromatic rings. The van der Waals surface area contributed by atoms with Gasteiger partial charge in [0.05, 0.1) is 0 Å². The lowest BCUT2D eigenvalue weighted by Gasteiger charge is -2.15. The molecule has 1 rings (SSSR count). The Bertz CT molecular complexity index is 157. The molecule has 1 N–H and O–H groups in total. The van der Waals surface area contributed by atoms with Crippen molar-refractivity contribution in [3.05, 3.63) is 0 Å². The van der Waals surface area contributed by atoms with Crippen molar-refractivity contribution < 1.29 is 4.79 Å². The summed E-state index contributed by atoms with van der Waals surface area (Å²) in [6.45, 7) is 6.11. The van der Waals surface area contributed by atoms with E-state index in [1.54, 1.807) is 5.01 Å². The van der Waals surface area contributed by atoms with Gasteiger partial charge in [-0.25, -0.2) is 5.43 Å². The quantitative estimate of drug-likeness (QED) is 0.686. The number of rotatable bonds is 4. The number of nitrogens with one attached hydrogen (secondary N) is 1. The number of amides is 1. The molecule has 0 radical (unpaired) electrons. The van der Waals surface area contributed by atoms with Crippen molar-refractivity contribution in [2.45, 2.75) is 33.1 Å². The number of nitrogens with zero attached hydrogens (tertiary/aromatic N) is 1. The minimum Gasteiger partial charge on any atom is -0.278 e. The first-order valence-corrected chi connectivity index (χ1v) is 4.74. The van der Waals surface area contributed by atoms with E-state index in [9.17, 15) is 4.79 Å². The van der Waals surface area contributed by atoms with Crippen LogP contribution in [0.25, 0.3) is 0 Å². The molecule has 0 bridgehead atoms. The molecule has 0 saturated carbocycles. The highest BCUT2D eigenvalue weighted by atomic mass is 16.2. The van der Waals surface area contributed by atoms with Gasteiger partial charge in [-0.3, -0.25) is 9.80 Å². The molecule has 0 aromatic carbocycles. The van der Waals surface area contributed by atoms with E-state index in [0.717, 1.165) is 25.4 Å². The fourth-order valence-corrected chi connectivity index (χ4v) is 1.38. The van der Waals surface area contributed by atoms with Crippen LogP contribution in [0.3, 0.4) is 0 Å². The maximum Gasteiger partial charge on any atom is 0.238 e. The Balaban J connectivity index is 2.10. The van der Waals surface area contributed by atoms with Crippen LogP contribution in [0.2, 0.25) is 0 Å². The summed E-state index contributed by atoms with van der Waals surface area (Å²) in [6, 6.07) is 0. The van der Waals surface area contributed by atoms with E-state index in [2.05, 4.69) is 19.3 Å². The van der Waals surface area contributed by atoms with Crippen molar-refractivity contribution in [2.75, 3.05) is 13.1 Å². The van der Waals surface area contributed by atoms with Gasteiger partial charge in [0.1, 0.15) is 0 Å². The molecule has 1 amide bonds. The van der Waals surface area contributed by atoms with Gasteiger partial charge >= 0.3 is 0 Å². The van der Waals surface area contributed by atoms with Crippen LogP contribution >= 0.6 is 0 Å². The monoisotopic (exact) mass is 170 g/mol. The molecule has 3 heteroatoms.